The first kappa shape index (κ1) is 80.5. The van der Waals surface area contributed by atoms with Crippen LogP contribution < -0.4 is 30.9 Å². The molecule has 25 nitrogen and oxygen atoms in total. The van der Waals surface area contributed by atoms with Crippen LogP contribution in [-0.2, 0) is 9.47 Å². The van der Waals surface area contributed by atoms with Crippen molar-refractivity contribution >= 4 is 128 Å². The molecule has 2 fully saturated rings. The predicted octanol–water partition coefficient (Wildman–Crippen LogP) is 21.8. The zero-order valence-corrected chi connectivity index (χ0v) is 65.5. The molecular weight excluding hydrogens is 1550 g/mol. The van der Waals surface area contributed by atoms with Crippen LogP contribution in [0.5, 0.6) is 0 Å². The van der Waals surface area contributed by atoms with Gasteiger partial charge in [0.05, 0.1) is 46.1 Å². The normalized spacial score (nSPS) is 12.3. The highest BCUT2D eigenvalue weighted by Crippen LogP contribution is 2.39. The molecule has 0 bridgehead atoms. The average Bonchev–Trinajstić information content (AvgIpc) is 0.793. The third kappa shape index (κ3) is 19.2. The third-order valence-corrected chi connectivity index (χ3v) is 20.8. The van der Waals surface area contributed by atoms with Gasteiger partial charge in [-0.2, -0.15) is 4.73 Å². The number of aromatic nitrogens is 5. The smallest absolute Gasteiger partial charge is 0.270 e. The highest BCUT2D eigenvalue weighted by molar-refractivity contribution is 6.34. The molecule has 12 aromatic carbocycles. The van der Waals surface area contributed by atoms with Crippen molar-refractivity contribution in [3.63, 3.8) is 0 Å². The summed E-state index contributed by atoms with van der Waals surface area (Å²) in [5, 5.41) is 72.1. The van der Waals surface area contributed by atoms with Crippen molar-refractivity contribution in [2.45, 2.75) is 0 Å². The summed E-state index contributed by atoms with van der Waals surface area (Å²) in [6.45, 7) is 6.76. The minimum atomic E-state index is -0.416. The number of morpholine rings is 2. The Bertz CT molecular complexity index is 6670. The van der Waals surface area contributed by atoms with Gasteiger partial charge in [0.2, 0.25) is 0 Å². The fourth-order valence-electron chi connectivity index (χ4n) is 14.7. The molecule has 598 valence electrons. The zero-order valence-electron chi connectivity index (χ0n) is 64.8. The number of benzene rings is 12. The first-order chi connectivity index (χ1) is 59.0. The highest BCUT2D eigenvalue weighted by Gasteiger charge is 2.19. The van der Waals surface area contributed by atoms with Gasteiger partial charge in [0, 0.05) is 173 Å². The summed E-state index contributed by atoms with van der Waals surface area (Å²) in [4.78, 5) is 64.2. The van der Waals surface area contributed by atoms with Crippen LogP contribution in [0, 0.1) is 45.7 Å². The molecule has 121 heavy (non-hydrogen) atoms. The number of ether oxygens (including phenoxy) is 2. The second-order valence-electron chi connectivity index (χ2n) is 28.0. The maximum atomic E-state index is 11.3. The minimum Gasteiger partial charge on any atom is -0.619 e. The Morgan fingerprint density at radius 2 is 0.711 bits per heavy atom. The number of nitrogens with two attached hydrogens (primary N) is 1. The van der Waals surface area contributed by atoms with E-state index in [1.165, 1.54) is 54.1 Å². The van der Waals surface area contributed by atoms with Gasteiger partial charge >= 0.3 is 0 Å². The van der Waals surface area contributed by atoms with Crippen molar-refractivity contribution in [3.05, 3.63) is 385 Å². The number of hydrogen-bond acceptors (Lipinski definition) is 20. The van der Waals surface area contributed by atoms with E-state index in [0.29, 0.717) is 5.15 Å². The molecule has 2 saturated heterocycles. The summed E-state index contributed by atoms with van der Waals surface area (Å²) >= 11 is 6.08. The molecule has 17 aromatic rings. The van der Waals surface area contributed by atoms with Crippen LogP contribution in [0.15, 0.2) is 335 Å². The van der Waals surface area contributed by atoms with Crippen LogP contribution in [-0.4, -0.2) is 92.2 Å². The van der Waals surface area contributed by atoms with E-state index < -0.39 is 9.85 Å². The number of hydrogen-bond donors (Lipinski definition) is 3. The van der Waals surface area contributed by atoms with E-state index in [4.69, 9.17) is 26.8 Å². The molecule has 26 heteroatoms. The first-order valence-electron chi connectivity index (χ1n) is 38.5. The molecule has 0 spiro atoms. The van der Waals surface area contributed by atoms with Crippen molar-refractivity contribution in [3.8, 4) is 55.6 Å². The number of nitrogen functional groups attached to an aromatic ring is 1. The predicted molar refractivity (Wildman–Crippen MR) is 479 cm³/mol. The molecule has 19 rings (SSSR count). The SMILES string of the molecule is Nc1cccc(-c2cccc3c(Nc4ccc(N5CCOCC5)cc4)nccc23)c1.O=[N+]([O-])c1cccc(-c2cccc3c(Cl)nccc23)c1.O=[N+]([O-])c1cccc(-c2cccc3c(Nc4ccc(N5CCOCC5)cc4)nccc23)c1.O=[N+]([O-])c1cccc(-c2cccc3c[n+]([O-])ccc23)c1.O=[N+]([O-])c1cccc(-c2cccc3cnccc23)c1. The Morgan fingerprint density at radius 1 is 0.364 bits per heavy atom. The number of nitro benzene ring substituents is 4. The van der Waals surface area contributed by atoms with Crippen LogP contribution >= 0.6 is 11.6 Å². The Hall–Kier alpha value is -15.7. The number of rotatable bonds is 15. The van der Waals surface area contributed by atoms with Crippen molar-refractivity contribution in [2.75, 3.05) is 78.8 Å². The Morgan fingerprint density at radius 3 is 1.13 bits per heavy atom. The second-order valence-corrected chi connectivity index (χ2v) is 28.4. The molecule has 0 aliphatic carbocycles. The van der Waals surface area contributed by atoms with Gasteiger partial charge in [-0.15, -0.1) is 0 Å². The Labute approximate surface area is 698 Å². The maximum absolute atomic E-state index is 11.3. The third-order valence-electron chi connectivity index (χ3n) is 20.5. The minimum absolute atomic E-state index is 0.0503. The molecule has 2 aliphatic rings. The lowest BCUT2D eigenvalue weighted by molar-refractivity contribution is -0.603. The van der Waals surface area contributed by atoms with Crippen LogP contribution in [0.4, 0.5) is 62.8 Å². The monoisotopic (exact) mass is 1620 g/mol. The van der Waals surface area contributed by atoms with Crippen LogP contribution in [0.25, 0.3) is 109 Å². The fourth-order valence-corrected chi connectivity index (χ4v) is 14.9. The molecule has 0 radical (unpaired) electrons. The molecule has 7 heterocycles. The summed E-state index contributed by atoms with van der Waals surface area (Å²) in [6.07, 6.45) is 11.7. The molecule has 5 aromatic heterocycles. The lowest BCUT2D eigenvalue weighted by Crippen LogP contribution is -2.36. The van der Waals surface area contributed by atoms with Gasteiger partial charge in [0.1, 0.15) is 16.8 Å². The van der Waals surface area contributed by atoms with Gasteiger partial charge < -0.3 is 40.8 Å². The number of pyridine rings is 5. The van der Waals surface area contributed by atoms with Crippen molar-refractivity contribution in [1.82, 2.24) is 19.9 Å². The summed E-state index contributed by atoms with van der Waals surface area (Å²) in [5.74, 6) is 1.59. The van der Waals surface area contributed by atoms with Crippen LogP contribution in [0.1, 0.15) is 0 Å². The summed E-state index contributed by atoms with van der Waals surface area (Å²) in [6, 6.07) is 90.0. The van der Waals surface area contributed by atoms with Crippen molar-refractivity contribution in [1.29, 1.82) is 0 Å². The van der Waals surface area contributed by atoms with E-state index in [2.05, 4.69) is 119 Å². The van der Waals surface area contributed by atoms with Gasteiger partial charge in [-0.05, 0) is 168 Å². The quantitative estimate of drug-likeness (QED) is 0.0214. The highest BCUT2D eigenvalue weighted by atomic mass is 35.5. The molecule has 0 amide bonds. The number of nitrogens with zero attached hydrogens (tertiary/aromatic N) is 11. The van der Waals surface area contributed by atoms with E-state index in [9.17, 15) is 45.7 Å². The number of nitro groups is 4. The summed E-state index contributed by atoms with van der Waals surface area (Å²) in [7, 11) is 0. The number of non-ortho nitro benzene ring substituents is 4. The molecule has 4 N–H and O–H groups in total. The Balaban J connectivity index is 0.000000120. The molecule has 0 unspecified atom stereocenters. The second kappa shape index (κ2) is 37.5. The van der Waals surface area contributed by atoms with E-state index in [0.717, 1.165) is 196 Å². The summed E-state index contributed by atoms with van der Waals surface area (Å²) in [5.41, 5.74) is 20.5. The van der Waals surface area contributed by atoms with Crippen molar-refractivity contribution in [2.24, 2.45) is 0 Å². The van der Waals surface area contributed by atoms with Gasteiger partial charge in [0.15, 0.2) is 12.4 Å². The van der Waals surface area contributed by atoms with Crippen molar-refractivity contribution < 1.29 is 33.9 Å². The number of halogens is 1. The molecule has 0 saturated carbocycles. The van der Waals surface area contributed by atoms with Crippen LogP contribution in [0.2, 0.25) is 5.15 Å². The topological polar surface area (TPSA) is 326 Å². The number of fused-ring (bicyclic) bond motifs is 5. The number of anilines is 7. The largest absolute Gasteiger partial charge is 0.619 e. The maximum Gasteiger partial charge on any atom is 0.270 e. The van der Waals surface area contributed by atoms with E-state index in [1.54, 1.807) is 73.3 Å². The van der Waals surface area contributed by atoms with Gasteiger partial charge in [-0.25, -0.2) is 15.0 Å². The average molecular weight is 1620 g/mol. The first-order valence-corrected chi connectivity index (χ1v) is 38.9. The zero-order chi connectivity index (χ0) is 83.7. The lowest BCUT2D eigenvalue weighted by Gasteiger charge is -2.28. The summed E-state index contributed by atoms with van der Waals surface area (Å²) < 4.78 is 11.6. The molecule has 2 aliphatic heterocycles. The van der Waals surface area contributed by atoms with E-state index in [-0.39, 0.29) is 32.6 Å². The fraction of sp³-hybridized carbons (Fsp3) is 0.0842. The lowest BCUT2D eigenvalue weighted by atomic mass is 9.98. The molecular formula is C95H75ClN14O11. The van der Waals surface area contributed by atoms with E-state index in [1.807, 2.05) is 140 Å². The Kier molecular flexibility index (Phi) is 24.9. The van der Waals surface area contributed by atoms with E-state index >= 15 is 0 Å². The van der Waals surface area contributed by atoms with Crippen LogP contribution in [0.3, 0.4) is 0 Å². The standard InChI is InChI=1S/C25H22N4O3.C25H24N4O.C15H9ClN2O2.C15H10N2O3.C15H10N2O2/c30-29(31)21-4-1-3-18(17-21)22-5-2-6-24-23(22)11-12-26-25(24)27-19-7-9-20(10-8-19)28-13-15-32-16-14-28;26-19-4-1-3-18(17-19)22-5-2-6-24-23(22)11-12-27-25(24)28-20-7-9-21(10-8-20)29-13-15-30-16-14-29;16-15-14-6-2-5-12(13(14)7-8-17-15)10-3-1-4-11(9-10)18(19)20;18-16-8-7-15-12(10-16)4-2-6-14(15)11-3-1-5-13(9-11)17(19)20;18-17(19)13-5-1-3-11(9-13)14-6-2-4-12-10-16-8-7-15(12)14/h1-12,17H,13-16H2,(H,26,27);1-12,17H,13-16,26H2,(H,27,28);1-9H;1-10H;1-10H. The van der Waals surface area contributed by atoms with Gasteiger partial charge in [-0.3, -0.25) is 45.4 Å². The van der Waals surface area contributed by atoms with Gasteiger partial charge in [-0.1, -0.05) is 157 Å². The van der Waals surface area contributed by atoms with Gasteiger partial charge in [0.25, 0.3) is 22.7 Å². The molecule has 0 atom stereocenters. The number of nitrogens with one attached hydrogen (secondary N) is 2.